The largest absolute Gasteiger partial charge is 0.342 e. The number of carbonyl (C=O) groups excluding carboxylic acids is 2. The van der Waals surface area contributed by atoms with Crippen LogP contribution < -0.4 is 10.4 Å². The Morgan fingerprint density at radius 2 is 1.62 bits per heavy atom. The van der Waals surface area contributed by atoms with Crippen LogP contribution in [0.25, 0.3) is 0 Å². The van der Waals surface area contributed by atoms with Crippen LogP contribution in [0, 0.1) is 0 Å². The first-order valence-corrected chi connectivity index (χ1v) is 11.6. The normalized spacial score (nSPS) is 11.3. The first-order valence-electron chi connectivity index (χ1n) is 11.6. The van der Waals surface area contributed by atoms with E-state index in [1.54, 1.807) is 16.5 Å². The number of nitrogens with zero attached hydrogens (tertiary/aromatic N) is 2. The van der Waals surface area contributed by atoms with Gasteiger partial charge >= 0.3 is 0 Å². The summed E-state index contributed by atoms with van der Waals surface area (Å²) >= 11 is 0. The van der Waals surface area contributed by atoms with Crippen molar-refractivity contribution < 1.29 is 14.8 Å². The topological polar surface area (TPSA) is 72.9 Å². The van der Waals surface area contributed by atoms with Gasteiger partial charge in [-0.1, -0.05) is 49.8 Å². The van der Waals surface area contributed by atoms with Gasteiger partial charge in [0.1, 0.15) is 0 Å². The Kier molecular flexibility index (Phi) is 11.3. The van der Waals surface area contributed by atoms with Crippen molar-refractivity contribution in [2.24, 2.45) is 0 Å². The lowest BCUT2D eigenvalue weighted by Crippen LogP contribution is -2.27. The molecule has 0 aliphatic heterocycles. The van der Waals surface area contributed by atoms with Crippen LogP contribution in [0.5, 0.6) is 0 Å². The van der Waals surface area contributed by atoms with Gasteiger partial charge in [-0.2, -0.15) is 0 Å². The molecule has 0 aromatic heterocycles. The zero-order valence-electron chi connectivity index (χ0n) is 20.1. The van der Waals surface area contributed by atoms with E-state index in [2.05, 4.69) is 11.5 Å². The number of hydroxylamine groups is 1. The van der Waals surface area contributed by atoms with E-state index in [1.807, 2.05) is 86.8 Å². The number of benzene rings is 2. The van der Waals surface area contributed by atoms with Gasteiger partial charge in [-0.15, -0.1) is 0 Å². The Labute approximate surface area is 202 Å². The van der Waals surface area contributed by atoms with E-state index in [1.165, 1.54) is 0 Å². The molecular weight excluding hydrogens is 426 g/mol. The molecule has 0 saturated heterocycles. The summed E-state index contributed by atoms with van der Waals surface area (Å²) in [5.74, 6) is -0.382. The zero-order valence-corrected chi connectivity index (χ0v) is 20.1. The minimum atomic E-state index is -0.362. The number of anilines is 2. The number of amides is 2. The quantitative estimate of drug-likeness (QED) is 0.166. The predicted octanol–water partition coefficient (Wildman–Crippen LogP) is 6.00. The first-order chi connectivity index (χ1) is 16.5. The number of para-hydroxylation sites is 1. The fourth-order valence-corrected chi connectivity index (χ4v) is 3.64. The van der Waals surface area contributed by atoms with Gasteiger partial charge < -0.3 is 9.80 Å². The van der Waals surface area contributed by atoms with Gasteiger partial charge in [0.05, 0.1) is 0 Å². The van der Waals surface area contributed by atoms with E-state index in [-0.39, 0.29) is 11.8 Å². The fourth-order valence-electron chi connectivity index (χ4n) is 3.64. The molecule has 6 heteroatoms. The van der Waals surface area contributed by atoms with Gasteiger partial charge in [-0.3, -0.25) is 14.8 Å². The molecule has 0 unspecified atom stereocenters. The Balaban J connectivity index is 2.06. The number of hydrogen-bond acceptors (Lipinski definition) is 4. The highest BCUT2D eigenvalue weighted by atomic mass is 16.5. The molecule has 0 aliphatic rings. The van der Waals surface area contributed by atoms with Crippen molar-refractivity contribution in [1.82, 2.24) is 10.4 Å². The van der Waals surface area contributed by atoms with E-state index in [4.69, 9.17) is 5.21 Å². The number of rotatable bonds is 13. The van der Waals surface area contributed by atoms with E-state index in [0.717, 1.165) is 42.8 Å². The third-order valence-corrected chi connectivity index (χ3v) is 5.39. The molecule has 0 fully saturated rings. The first kappa shape index (κ1) is 26.6. The molecule has 2 amide bonds. The molecular formula is C28H35N3O3. The third-order valence-electron chi connectivity index (χ3n) is 5.39. The maximum Gasteiger partial charge on any atom is 0.253 e. The van der Waals surface area contributed by atoms with Crippen LogP contribution in [-0.4, -0.2) is 35.5 Å². The monoisotopic (exact) mass is 461 g/mol. The smallest absolute Gasteiger partial charge is 0.253 e. The Morgan fingerprint density at radius 1 is 0.971 bits per heavy atom. The fraction of sp³-hybridized carbons (Fsp3) is 0.286. The second kappa shape index (κ2) is 14.5. The van der Waals surface area contributed by atoms with Gasteiger partial charge in [0.25, 0.3) is 5.91 Å². The molecule has 0 heterocycles. The summed E-state index contributed by atoms with van der Waals surface area (Å²) in [6.45, 7) is 6.47. The highest BCUT2D eigenvalue weighted by Crippen LogP contribution is 2.30. The summed E-state index contributed by atoms with van der Waals surface area (Å²) in [5, 5.41) is 8.50. The summed E-state index contributed by atoms with van der Waals surface area (Å²) < 4.78 is 0. The second-order valence-corrected chi connectivity index (χ2v) is 7.97. The lowest BCUT2D eigenvalue weighted by atomic mass is 10.1. The summed E-state index contributed by atoms with van der Waals surface area (Å²) in [6.07, 6.45) is 11.4. The number of carbonyl (C=O) groups is 2. The minimum absolute atomic E-state index is 0.0206. The highest BCUT2D eigenvalue weighted by Gasteiger charge is 2.15. The standard InChI is InChI=1S/C28H35N3O3/c1-4-13-24(14-5-2)31(25-15-9-8-10-16-25)26-20-18-23(19-21-26)28(33)30(3)22-12-7-6-11-17-27(32)29-34/h4-5,8-10,13-16,18-21,34H,1,6-7,11-12,17,22H2,2-3H3,(H,29,32)/b14-5-,24-13+. The molecule has 0 radical (unpaired) electrons. The molecule has 2 rings (SSSR count). The average Bonchev–Trinajstić information content (AvgIpc) is 2.87. The molecule has 0 bridgehead atoms. The maximum absolute atomic E-state index is 12.9. The number of hydrogen-bond donors (Lipinski definition) is 2. The van der Waals surface area contributed by atoms with E-state index in [0.29, 0.717) is 18.5 Å². The molecule has 34 heavy (non-hydrogen) atoms. The van der Waals surface area contributed by atoms with Gasteiger partial charge in [0, 0.05) is 42.6 Å². The lowest BCUT2D eigenvalue weighted by molar-refractivity contribution is -0.129. The highest BCUT2D eigenvalue weighted by molar-refractivity contribution is 5.94. The molecule has 2 N–H and O–H groups in total. The van der Waals surface area contributed by atoms with Crippen LogP contribution in [0.15, 0.2) is 91.2 Å². The van der Waals surface area contributed by atoms with Crippen LogP contribution >= 0.6 is 0 Å². The van der Waals surface area contributed by atoms with Gasteiger partial charge in [-0.25, -0.2) is 5.48 Å². The molecule has 0 aliphatic carbocycles. The number of allylic oxidation sites excluding steroid dienone is 4. The molecule has 0 spiro atoms. The van der Waals surface area contributed by atoms with Crippen LogP contribution in [0.4, 0.5) is 11.4 Å². The molecule has 2 aromatic carbocycles. The van der Waals surface area contributed by atoms with E-state index < -0.39 is 0 Å². The van der Waals surface area contributed by atoms with Gasteiger partial charge in [0.15, 0.2) is 0 Å². The van der Waals surface area contributed by atoms with Crippen molar-refractivity contribution in [3.05, 3.63) is 96.7 Å². The van der Waals surface area contributed by atoms with E-state index >= 15 is 0 Å². The number of unbranched alkanes of at least 4 members (excludes halogenated alkanes) is 3. The van der Waals surface area contributed by atoms with Crippen molar-refractivity contribution in [2.75, 3.05) is 18.5 Å². The predicted molar refractivity (Wildman–Crippen MR) is 138 cm³/mol. The third kappa shape index (κ3) is 8.05. The minimum Gasteiger partial charge on any atom is -0.342 e. The Morgan fingerprint density at radius 3 is 2.24 bits per heavy atom. The SMILES string of the molecule is C=C/C=C(\C=C/C)N(c1ccccc1)c1ccc(C(=O)N(C)CCCCCCC(=O)NO)cc1. The van der Waals surface area contributed by atoms with Crippen LogP contribution in [0.1, 0.15) is 49.4 Å². The summed E-state index contributed by atoms with van der Waals surface area (Å²) in [7, 11) is 1.81. The van der Waals surface area contributed by atoms with Crippen molar-refractivity contribution in [3.8, 4) is 0 Å². The molecule has 0 atom stereocenters. The summed E-state index contributed by atoms with van der Waals surface area (Å²) in [5.41, 5.74) is 5.21. The Bertz CT molecular complexity index is 982. The van der Waals surface area contributed by atoms with Crippen molar-refractivity contribution in [3.63, 3.8) is 0 Å². The second-order valence-electron chi connectivity index (χ2n) is 7.97. The van der Waals surface area contributed by atoms with Crippen LogP contribution in [0.3, 0.4) is 0 Å². The number of nitrogens with one attached hydrogen (secondary N) is 1. The van der Waals surface area contributed by atoms with Crippen LogP contribution in [-0.2, 0) is 4.79 Å². The summed E-state index contributed by atoms with van der Waals surface area (Å²) in [4.78, 5) is 27.7. The molecule has 180 valence electrons. The molecule has 2 aromatic rings. The molecule has 0 saturated carbocycles. The maximum atomic E-state index is 12.9. The van der Waals surface area contributed by atoms with Crippen LogP contribution in [0.2, 0.25) is 0 Å². The lowest BCUT2D eigenvalue weighted by Gasteiger charge is -2.26. The van der Waals surface area contributed by atoms with Gasteiger partial charge in [-0.05, 0) is 68.3 Å². The average molecular weight is 462 g/mol. The Hall–Kier alpha value is -3.64. The van der Waals surface area contributed by atoms with E-state index in [9.17, 15) is 9.59 Å². The zero-order chi connectivity index (χ0) is 24.8. The van der Waals surface area contributed by atoms with Crippen molar-refractivity contribution in [2.45, 2.75) is 39.0 Å². The summed E-state index contributed by atoms with van der Waals surface area (Å²) in [6, 6.07) is 17.7. The van der Waals surface area contributed by atoms with Gasteiger partial charge in [0.2, 0.25) is 5.91 Å². The van der Waals surface area contributed by atoms with Crippen molar-refractivity contribution >= 4 is 23.2 Å². The molecule has 6 nitrogen and oxygen atoms in total. The van der Waals surface area contributed by atoms with Crippen molar-refractivity contribution in [1.29, 1.82) is 0 Å².